The molecule has 4 aromatic rings. The van der Waals surface area contributed by atoms with E-state index in [1.54, 1.807) is 0 Å². The molecule has 4 heterocycles. The molecule has 0 aliphatic carbocycles. The molecule has 3 atom stereocenters. The van der Waals surface area contributed by atoms with Crippen LogP contribution in [-0.2, 0) is 6.54 Å². The van der Waals surface area contributed by atoms with E-state index in [0.29, 0.717) is 23.9 Å². The van der Waals surface area contributed by atoms with Crippen LogP contribution in [-0.4, -0.2) is 53.9 Å². The fraction of sp³-hybridized carbons (Fsp3) is 0.400. The molecule has 1 N–H and O–H groups in total. The van der Waals surface area contributed by atoms with Gasteiger partial charge in [0.05, 0.1) is 12.0 Å². The highest BCUT2D eigenvalue weighted by atomic mass is 16.5. The predicted octanol–water partition coefficient (Wildman–Crippen LogP) is 5.05. The van der Waals surface area contributed by atoms with Gasteiger partial charge in [-0.1, -0.05) is 53.7 Å². The van der Waals surface area contributed by atoms with Crippen molar-refractivity contribution in [1.82, 2.24) is 20.4 Å². The van der Waals surface area contributed by atoms with Gasteiger partial charge in [0, 0.05) is 63.0 Å². The number of fused-ring (bicyclic) bond motifs is 2. The van der Waals surface area contributed by atoms with Crippen molar-refractivity contribution in [2.45, 2.75) is 38.4 Å². The zero-order valence-electron chi connectivity index (χ0n) is 21.4. The number of nitrogens with zero attached hydrogens (tertiary/aromatic N) is 4. The number of piperazine rings is 1. The summed E-state index contributed by atoms with van der Waals surface area (Å²) in [5.74, 6) is 2.23. The van der Waals surface area contributed by atoms with Crippen LogP contribution >= 0.6 is 0 Å². The number of para-hydroxylation sites is 1. The Hall–Kier alpha value is -3.42. The number of rotatable bonds is 8. The average molecular weight is 498 g/mol. The van der Waals surface area contributed by atoms with Crippen LogP contribution in [0.3, 0.4) is 0 Å². The topological polar surface area (TPSA) is 66.7 Å². The lowest BCUT2D eigenvalue weighted by Crippen LogP contribution is -2.57. The molecule has 6 rings (SSSR count). The minimum Gasteiger partial charge on any atom is -0.477 e. The fourth-order valence-electron chi connectivity index (χ4n) is 5.62. The molecule has 192 valence electrons. The number of aromatic nitrogens is 2. The number of pyridine rings is 1. The Morgan fingerprint density at radius 3 is 2.73 bits per heavy atom. The minimum absolute atomic E-state index is 0.296. The van der Waals surface area contributed by atoms with Crippen LogP contribution in [0.2, 0.25) is 0 Å². The second kappa shape index (κ2) is 10.9. The van der Waals surface area contributed by atoms with Crippen LogP contribution in [0.5, 0.6) is 5.88 Å². The lowest BCUT2D eigenvalue weighted by molar-refractivity contribution is 0.0717. The summed E-state index contributed by atoms with van der Waals surface area (Å²) in [4.78, 5) is 9.59. The number of ether oxygens (including phenoxy) is 1. The van der Waals surface area contributed by atoms with Crippen molar-refractivity contribution in [2.24, 2.45) is 5.92 Å². The summed E-state index contributed by atoms with van der Waals surface area (Å²) < 4.78 is 11.7. The standard InChI is InChI=1S/C30H35N5O2/c1-22(25-7-3-2-4-8-25)31-17-23-12-14-29(32-18-23)36-21-24-11-13-26-20-35(16-15-34(26)19-24)30-27-9-5-6-10-28(27)37-33-30/h2-10,12,14,18,22,24,26,31H,11,13,15-17,19-21H2,1H3. The molecule has 7 nitrogen and oxygen atoms in total. The van der Waals surface area contributed by atoms with E-state index in [1.165, 1.54) is 18.4 Å². The van der Waals surface area contributed by atoms with Gasteiger partial charge in [-0.2, -0.15) is 0 Å². The van der Waals surface area contributed by atoms with Gasteiger partial charge in [-0.15, -0.1) is 0 Å². The second-order valence-corrected chi connectivity index (χ2v) is 10.4. The van der Waals surface area contributed by atoms with E-state index in [-0.39, 0.29) is 0 Å². The van der Waals surface area contributed by atoms with Crippen LogP contribution in [0.4, 0.5) is 5.82 Å². The highest BCUT2D eigenvalue weighted by Gasteiger charge is 2.34. The third kappa shape index (κ3) is 5.48. The number of nitrogens with one attached hydrogen (secondary N) is 1. The number of hydrogen-bond donors (Lipinski definition) is 1. The summed E-state index contributed by atoms with van der Waals surface area (Å²) in [5, 5.41) is 9.05. The average Bonchev–Trinajstić information content (AvgIpc) is 3.40. The Kier molecular flexibility index (Phi) is 7.06. The summed E-state index contributed by atoms with van der Waals surface area (Å²) >= 11 is 0. The fourth-order valence-corrected chi connectivity index (χ4v) is 5.62. The van der Waals surface area contributed by atoms with Crippen molar-refractivity contribution in [2.75, 3.05) is 37.7 Å². The van der Waals surface area contributed by atoms with Crippen molar-refractivity contribution in [3.63, 3.8) is 0 Å². The zero-order chi connectivity index (χ0) is 25.0. The third-order valence-electron chi connectivity index (χ3n) is 7.84. The lowest BCUT2D eigenvalue weighted by atomic mass is 9.91. The number of piperidine rings is 1. The minimum atomic E-state index is 0.296. The van der Waals surface area contributed by atoms with Gasteiger partial charge in [-0.05, 0) is 43.0 Å². The van der Waals surface area contributed by atoms with Gasteiger partial charge in [0.1, 0.15) is 0 Å². The second-order valence-electron chi connectivity index (χ2n) is 10.4. The van der Waals surface area contributed by atoms with Crippen LogP contribution in [0.25, 0.3) is 11.0 Å². The molecule has 7 heteroatoms. The van der Waals surface area contributed by atoms with E-state index in [9.17, 15) is 0 Å². The van der Waals surface area contributed by atoms with Crippen LogP contribution < -0.4 is 15.0 Å². The molecule has 2 aliphatic heterocycles. The molecule has 2 saturated heterocycles. The molecule has 37 heavy (non-hydrogen) atoms. The summed E-state index contributed by atoms with van der Waals surface area (Å²) in [7, 11) is 0. The zero-order valence-corrected chi connectivity index (χ0v) is 21.4. The Bertz CT molecular complexity index is 1290. The quantitative estimate of drug-likeness (QED) is 0.365. The highest BCUT2D eigenvalue weighted by molar-refractivity contribution is 5.88. The number of hydrogen-bond acceptors (Lipinski definition) is 7. The number of benzene rings is 2. The monoisotopic (exact) mass is 497 g/mol. The van der Waals surface area contributed by atoms with Gasteiger partial charge in [0.2, 0.25) is 5.88 Å². The molecule has 0 spiro atoms. The number of anilines is 1. The molecule has 2 fully saturated rings. The summed E-state index contributed by atoms with van der Waals surface area (Å²) in [5.41, 5.74) is 3.31. The van der Waals surface area contributed by atoms with Crippen LogP contribution in [0.1, 0.15) is 36.9 Å². The normalized spacial score (nSPS) is 21.1. The maximum absolute atomic E-state index is 6.11. The molecule has 0 saturated carbocycles. The van der Waals surface area contributed by atoms with E-state index in [4.69, 9.17) is 9.26 Å². The third-order valence-corrected chi connectivity index (χ3v) is 7.84. The Morgan fingerprint density at radius 2 is 1.86 bits per heavy atom. The van der Waals surface area contributed by atoms with Crippen molar-refractivity contribution >= 4 is 16.8 Å². The van der Waals surface area contributed by atoms with E-state index < -0.39 is 0 Å². The van der Waals surface area contributed by atoms with Crippen LogP contribution in [0, 0.1) is 5.92 Å². The van der Waals surface area contributed by atoms with Gasteiger partial charge >= 0.3 is 0 Å². The highest BCUT2D eigenvalue weighted by Crippen LogP contribution is 2.31. The van der Waals surface area contributed by atoms with E-state index in [0.717, 1.165) is 61.7 Å². The van der Waals surface area contributed by atoms with Gasteiger partial charge in [-0.3, -0.25) is 4.90 Å². The first-order valence-electron chi connectivity index (χ1n) is 13.4. The van der Waals surface area contributed by atoms with Crippen molar-refractivity contribution in [1.29, 1.82) is 0 Å². The summed E-state index contributed by atoms with van der Waals surface area (Å²) in [6.45, 7) is 7.79. The molecule has 0 amide bonds. The lowest BCUT2D eigenvalue weighted by Gasteiger charge is -2.46. The van der Waals surface area contributed by atoms with Gasteiger partial charge in [-0.25, -0.2) is 4.98 Å². The first kappa shape index (κ1) is 23.9. The molecule has 2 aromatic carbocycles. The largest absolute Gasteiger partial charge is 0.477 e. The Morgan fingerprint density at radius 1 is 1.00 bits per heavy atom. The first-order valence-corrected chi connectivity index (χ1v) is 13.4. The molecule has 0 bridgehead atoms. The molecule has 0 radical (unpaired) electrons. The first-order chi connectivity index (χ1) is 18.2. The summed E-state index contributed by atoms with van der Waals surface area (Å²) in [6, 6.07) is 23.6. The van der Waals surface area contributed by atoms with E-state index in [1.807, 2.05) is 30.5 Å². The van der Waals surface area contributed by atoms with Gasteiger partial charge in [0.15, 0.2) is 11.4 Å². The predicted molar refractivity (Wildman–Crippen MR) is 146 cm³/mol. The van der Waals surface area contributed by atoms with Crippen molar-refractivity contribution in [3.05, 3.63) is 84.1 Å². The maximum Gasteiger partial charge on any atom is 0.213 e. The Balaban J connectivity index is 0.963. The summed E-state index contributed by atoms with van der Waals surface area (Å²) in [6.07, 6.45) is 4.27. The smallest absolute Gasteiger partial charge is 0.213 e. The van der Waals surface area contributed by atoms with Crippen molar-refractivity contribution < 1.29 is 9.26 Å². The van der Waals surface area contributed by atoms with E-state index >= 15 is 0 Å². The molecular formula is C30H35N5O2. The maximum atomic E-state index is 6.11. The molecule has 2 aromatic heterocycles. The van der Waals surface area contributed by atoms with Crippen LogP contribution in [0.15, 0.2) is 77.4 Å². The van der Waals surface area contributed by atoms with E-state index in [2.05, 4.69) is 74.6 Å². The van der Waals surface area contributed by atoms with Crippen molar-refractivity contribution in [3.8, 4) is 5.88 Å². The Labute approximate surface area is 218 Å². The van der Waals surface area contributed by atoms with Gasteiger partial charge in [0.25, 0.3) is 0 Å². The SMILES string of the molecule is CC(NCc1ccc(OCC2CCC3CN(c4noc5ccccc45)CCN3C2)nc1)c1ccccc1. The molecule has 2 aliphatic rings. The van der Waals surface area contributed by atoms with Gasteiger partial charge < -0.3 is 19.5 Å². The molecule has 3 unspecified atom stereocenters. The molecular weight excluding hydrogens is 462 g/mol.